The van der Waals surface area contributed by atoms with Crippen molar-refractivity contribution >= 4 is 49.5 Å². The molecule has 0 bridgehead atoms. The van der Waals surface area contributed by atoms with Gasteiger partial charge in [0.2, 0.25) is 0 Å². The average Bonchev–Trinajstić information content (AvgIpc) is 2.30. The van der Waals surface area contributed by atoms with E-state index in [-0.39, 0.29) is 18.5 Å². The summed E-state index contributed by atoms with van der Waals surface area (Å²) in [7, 11) is 0. The Morgan fingerprint density at radius 1 is 1.37 bits per heavy atom. The van der Waals surface area contributed by atoms with Crippen LogP contribution in [0, 0.1) is 0 Å². The highest BCUT2D eigenvalue weighted by atomic mass is 79.9. The smallest absolute Gasteiger partial charge is 0.319 e. The number of anilines is 1. The topological polar surface area (TPSA) is 78.4 Å². The summed E-state index contributed by atoms with van der Waals surface area (Å²) in [6, 6.07) is 4.83. The lowest BCUT2D eigenvalue weighted by Crippen LogP contribution is -2.36. The Bertz CT molecular complexity index is 480. The van der Waals surface area contributed by atoms with E-state index >= 15 is 0 Å². The summed E-state index contributed by atoms with van der Waals surface area (Å²) in [6.45, 7) is 1.76. The Kier molecular flexibility index (Phi) is 6.30. The summed E-state index contributed by atoms with van der Waals surface area (Å²) in [5, 5.41) is 13.9. The number of amides is 2. The molecule has 1 unspecified atom stereocenters. The molecule has 0 aliphatic heterocycles. The van der Waals surface area contributed by atoms with Gasteiger partial charge in [0, 0.05) is 21.4 Å². The van der Waals surface area contributed by atoms with Crippen LogP contribution in [0.15, 0.2) is 27.1 Å². The van der Waals surface area contributed by atoms with E-state index in [1.165, 1.54) is 0 Å². The Morgan fingerprint density at radius 3 is 2.63 bits per heavy atom. The average molecular weight is 394 g/mol. The third-order valence-corrected chi connectivity index (χ3v) is 3.50. The minimum absolute atomic E-state index is 0.0312. The number of benzene rings is 1. The maximum atomic E-state index is 11.7. The van der Waals surface area contributed by atoms with Crippen molar-refractivity contribution in [2.45, 2.75) is 25.8 Å². The summed E-state index contributed by atoms with van der Waals surface area (Å²) in [4.78, 5) is 22.1. The molecule has 5 nitrogen and oxygen atoms in total. The quantitative estimate of drug-likeness (QED) is 0.715. The summed E-state index contributed by atoms with van der Waals surface area (Å²) >= 11 is 6.66. The van der Waals surface area contributed by atoms with Crippen LogP contribution in [0.3, 0.4) is 0 Å². The number of carboxylic acid groups (broad SMARTS) is 1. The van der Waals surface area contributed by atoms with E-state index in [2.05, 4.69) is 42.5 Å². The van der Waals surface area contributed by atoms with Gasteiger partial charge >= 0.3 is 12.0 Å². The first-order valence-corrected chi connectivity index (χ1v) is 7.21. The minimum Gasteiger partial charge on any atom is -0.481 e. The number of nitrogens with one attached hydrogen (secondary N) is 2. The van der Waals surface area contributed by atoms with Crippen molar-refractivity contribution in [3.8, 4) is 0 Å². The molecule has 0 aromatic heterocycles. The highest BCUT2D eigenvalue weighted by Gasteiger charge is 2.10. The standard InChI is InChI=1S/C12H14Br2N2O3/c1-7(2-5-11(17)18)15-12(19)16-10-4-3-8(13)6-9(10)14/h3-4,6-7H,2,5H2,1H3,(H,17,18)(H2,15,16,19). The second-order valence-corrected chi connectivity index (χ2v) is 5.83. The van der Waals surface area contributed by atoms with E-state index in [9.17, 15) is 9.59 Å². The minimum atomic E-state index is -0.871. The maximum Gasteiger partial charge on any atom is 0.319 e. The van der Waals surface area contributed by atoms with Crippen LogP contribution >= 0.6 is 31.9 Å². The van der Waals surface area contributed by atoms with Crippen molar-refractivity contribution in [2.24, 2.45) is 0 Å². The predicted molar refractivity (Wildman–Crippen MR) is 80.3 cm³/mol. The lowest BCUT2D eigenvalue weighted by molar-refractivity contribution is -0.137. The molecule has 0 aliphatic carbocycles. The summed E-state index contributed by atoms with van der Waals surface area (Å²) in [5.41, 5.74) is 0.645. The summed E-state index contributed by atoms with van der Waals surface area (Å²) < 4.78 is 1.66. The van der Waals surface area contributed by atoms with Gasteiger partial charge in [0.25, 0.3) is 0 Å². The van der Waals surface area contributed by atoms with E-state index in [0.29, 0.717) is 12.1 Å². The van der Waals surface area contributed by atoms with Gasteiger partial charge in [0.05, 0.1) is 5.69 Å². The molecule has 1 aromatic rings. The molecule has 104 valence electrons. The molecule has 0 saturated heterocycles. The van der Waals surface area contributed by atoms with Gasteiger partial charge in [-0.05, 0) is 47.5 Å². The van der Waals surface area contributed by atoms with Crippen LogP contribution < -0.4 is 10.6 Å². The van der Waals surface area contributed by atoms with E-state index in [1.54, 1.807) is 13.0 Å². The number of aliphatic carboxylic acids is 1. The van der Waals surface area contributed by atoms with Crippen molar-refractivity contribution in [2.75, 3.05) is 5.32 Å². The van der Waals surface area contributed by atoms with Gasteiger partial charge in [-0.25, -0.2) is 4.79 Å². The van der Waals surface area contributed by atoms with Crippen molar-refractivity contribution in [3.05, 3.63) is 27.1 Å². The molecule has 7 heteroatoms. The second kappa shape index (κ2) is 7.49. The fourth-order valence-corrected chi connectivity index (χ4v) is 2.53. The fourth-order valence-electron chi connectivity index (χ4n) is 1.39. The Hall–Kier alpha value is -1.08. The van der Waals surface area contributed by atoms with E-state index in [0.717, 1.165) is 8.95 Å². The number of hydrogen-bond donors (Lipinski definition) is 3. The monoisotopic (exact) mass is 392 g/mol. The van der Waals surface area contributed by atoms with Gasteiger partial charge in [0.15, 0.2) is 0 Å². The zero-order valence-corrected chi connectivity index (χ0v) is 13.4. The fraction of sp³-hybridized carbons (Fsp3) is 0.333. The number of halogens is 2. The summed E-state index contributed by atoms with van der Waals surface area (Å²) in [5.74, 6) is -0.871. The Balaban J connectivity index is 2.48. The molecule has 1 atom stereocenters. The molecular weight excluding hydrogens is 380 g/mol. The first-order chi connectivity index (χ1) is 8.88. The second-order valence-electron chi connectivity index (χ2n) is 4.06. The van der Waals surface area contributed by atoms with Crippen molar-refractivity contribution < 1.29 is 14.7 Å². The van der Waals surface area contributed by atoms with Gasteiger partial charge in [0.1, 0.15) is 0 Å². The third-order valence-electron chi connectivity index (χ3n) is 2.35. The van der Waals surface area contributed by atoms with Crippen LogP contribution in [0.25, 0.3) is 0 Å². The van der Waals surface area contributed by atoms with Crippen molar-refractivity contribution in [3.63, 3.8) is 0 Å². The van der Waals surface area contributed by atoms with E-state index in [4.69, 9.17) is 5.11 Å². The highest BCUT2D eigenvalue weighted by Crippen LogP contribution is 2.25. The number of carboxylic acids is 1. The first-order valence-electron chi connectivity index (χ1n) is 5.63. The molecule has 2 amide bonds. The van der Waals surface area contributed by atoms with Gasteiger partial charge in [-0.3, -0.25) is 4.79 Å². The summed E-state index contributed by atoms with van der Waals surface area (Å²) in [6.07, 6.45) is 0.424. The van der Waals surface area contributed by atoms with Gasteiger partial charge in [-0.2, -0.15) is 0 Å². The molecule has 0 radical (unpaired) electrons. The molecule has 3 N–H and O–H groups in total. The van der Waals surface area contributed by atoms with Gasteiger partial charge in [-0.1, -0.05) is 15.9 Å². The number of hydrogen-bond acceptors (Lipinski definition) is 2. The van der Waals surface area contributed by atoms with Crippen LogP contribution in [0.2, 0.25) is 0 Å². The first kappa shape index (κ1) is 16.0. The van der Waals surface area contributed by atoms with Crippen molar-refractivity contribution in [1.29, 1.82) is 0 Å². The number of carbonyl (C=O) groups excluding carboxylic acids is 1. The Morgan fingerprint density at radius 2 is 2.05 bits per heavy atom. The molecule has 0 heterocycles. The van der Waals surface area contributed by atoms with Gasteiger partial charge in [-0.15, -0.1) is 0 Å². The van der Waals surface area contributed by atoms with Crippen LogP contribution in [0.1, 0.15) is 19.8 Å². The molecule has 0 saturated carbocycles. The normalized spacial score (nSPS) is 11.7. The molecule has 0 fully saturated rings. The van der Waals surface area contributed by atoms with Crippen LogP contribution in [0.4, 0.5) is 10.5 Å². The maximum absolute atomic E-state index is 11.7. The van der Waals surface area contributed by atoms with Gasteiger partial charge < -0.3 is 15.7 Å². The molecule has 1 aromatic carbocycles. The molecule has 1 rings (SSSR count). The largest absolute Gasteiger partial charge is 0.481 e. The van der Waals surface area contributed by atoms with Crippen LogP contribution in [-0.4, -0.2) is 23.1 Å². The molecule has 0 spiro atoms. The van der Waals surface area contributed by atoms with E-state index in [1.807, 2.05) is 12.1 Å². The third kappa shape index (κ3) is 6.07. The SMILES string of the molecule is CC(CCC(=O)O)NC(=O)Nc1ccc(Br)cc1Br. The van der Waals surface area contributed by atoms with E-state index < -0.39 is 5.97 Å². The highest BCUT2D eigenvalue weighted by molar-refractivity contribution is 9.11. The Labute approximate surface area is 128 Å². The van der Waals surface area contributed by atoms with Crippen LogP contribution in [-0.2, 0) is 4.79 Å². The van der Waals surface area contributed by atoms with Crippen molar-refractivity contribution in [1.82, 2.24) is 5.32 Å². The lowest BCUT2D eigenvalue weighted by Gasteiger charge is -2.14. The molecule has 19 heavy (non-hydrogen) atoms. The molecule has 0 aliphatic rings. The predicted octanol–water partition coefficient (Wildman–Crippen LogP) is 3.59. The molecular formula is C12H14Br2N2O3. The lowest BCUT2D eigenvalue weighted by atomic mass is 10.2. The number of rotatable bonds is 5. The number of urea groups is 1. The zero-order valence-electron chi connectivity index (χ0n) is 10.2. The number of carbonyl (C=O) groups is 2. The zero-order chi connectivity index (χ0) is 14.4. The van der Waals surface area contributed by atoms with Crippen LogP contribution in [0.5, 0.6) is 0 Å².